The van der Waals surface area contributed by atoms with Gasteiger partial charge in [-0.25, -0.2) is 9.69 Å². The van der Waals surface area contributed by atoms with Crippen LogP contribution in [-0.4, -0.2) is 47.9 Å². The number of carbonyl (C=O) groups excluding carboxylic acids is 3. The fraction of sp³-hybridized carbons (Fsp3) is 0.545. The lowest BCUT2D eigenvalue weighted by Crippen LogP contribution is -2.65. The van der Waals surface area contributed by atoms with E-state index >= 15 is 0 Å². The molecule has 5 unspecified atom stereocenters. The van der Waals surface area contributed by atoms with Crippen LogP contribution in [0.15, 0.2) is 60.7 Å². The van der Waals surface area contributed by atoms with Crippen LogP contribution >= 0.6 is 0 Å². The molecule has 2 amide bonds. The first-order chi connectivity index (χ1) is 19.8. The van der Waals surface area contributed by atoms with Crippen LogP contribution in [0.3, 0.4) is 0 Å². The zero-order valence-corrected chi connectivity index (χ0v) is 24.2. The van der Waals surface area contributed by atoms with Crippen LogP contribution in [-0.2, 0) is 41.8 Å². The third kappa shape index (κ3) is 6.49. The SMILES string of the molecule is CC1CCC(C(C)C)C(OC(=O)C2CC(OCc3ccccc3)(OCc3ccccc3)C2C(=O)N2CCOC2=O)C1. The van der Waals surface area contributed by atoms with Crippen molar-refractivity contribution in [3.63, 3.8) is 0 Å². The van der Waals surface area contributed by atoms with Gasteiger partial charge in [0.05, 0.1) is 25.7 Å². The van der Waals surface area contributed by atoms with Crippen LogP contribution in [0.5, 0.6) is 0 Å². The van der Waals surface area contributed by atoms with Crippen LogP contribution in [0, 0.1) is 29.6 Å². The molecule has 0 radical (unpaired) electrons. The Labute approximate surface area is 242 Å². The molecule has 2 aliphatic carbocycles. The summed E-state index contributed by atoms with van der Waals surface area (Å²) in [6.07, 6.45) is 2.16. The van der Waals surface area contributed by atoms with Crippen molar-refractivity contribution in [2.75, 3.05) is 13.2 Å². The number of cyclic esters (lactones) is 1. The third-order valence-electron chi connectivity index (χ3n) is 8.86. The molecular formula is C33H41NO7. The average Bonchev–Trinajstić information content (AvgIpc) is 3.39. The summed E-state index contributed by atoms with van der Waals surface area (Å²) in [6.45, 7) is 7.12. The molecule has 1 heterocycles. The second kappa shape index (κ2) is 12.7. The number of rotatable bonds is 10. The summed E-state index contributed by atoms with van der Waals surface area (Å²) in [7, 11) is 0. The summed E-state index contributed by atoms with van der Waals surface area (Å²) in [6, 6.07) is 19.2. The smallest absolute Gasteiger partial charge is 0.416 e. The first-order valence-corrected chi connectivity index (χ1v) is 14.8. The van der Waals surface area contributed by atoms with Gasteiger partial charge in [-0.05, 0) is 41.7 Å². The van der Waals surface area contributed by atoms with Crippen molar-refractivity contribution in [3.8, 4) is 0 Å². The molecule has 8 heteroatoms. The number of esters is 1. The van der Waals surface area contributed by atoms with Gasteiger partial charge in [0.15, 0.2) is 5.79 Å². The van der Waals surface area contributed by atoms with E-state index in [1.165, 1.54) is 0 Å². The quantitative estimate of drug-likeness (QED) is 0.269. The number of carbonyl (C=O) groups is 3. The number of amides is 2. The van der Waals surface area contributed by atoms with Crippen molar-refractivity contribution in [1.29, 1.82) is 0 Å². The minimum Gasteiger partial charge on any atom is -0.462 e. The van der Waals surface area contributed by atoms with E-state index in [1.54, 1.807) is 0 Å². The number of benzene rings is 2. The molecule has 2 aromatic carbocycles. The zero-order chi connectivity index (χ0) is 29.0. The maximum absolute atomic E-state index is 14.0. The van der Waals surface area contributed by atoms with Gasteiger partial charge in [0.2, 0.25) is 5.91 Å². The average molecular weight is 564 g/mol. The van der Waals surface area contributed by atoms with Gasteiger partial charge in [-0.1, -0.05) is 87.9 Å². The normalized spacial score (nSPS) is 27.3. The Bertz CT molecular complexity index is 1160. The van der Waals surface area contributed by atoms with Crippen LogP contribution in [0.2, 0.25) is 0 Å². The highest BCUT2D eigenvalue weighted by molar-refractivity contribution is 5.97. The molecule has 8 nitrogen and oxygen atoms in total. The fourth-order valence-corrected chi connectivity index (χ4v) is 6.42. The van der Waals surface area contributed by atoms with E-state index in [0.29, 0.717) is 11.8 Å². The summed E-state index contributed by atoms with van der Waals surface area (Å²) >= 11 is 0. The summed E-state index contributed by atoms with van der Waals surface area (Å²) in [5.74, 6) is -3.11. The molecule has 0 spiro atoms. The molecule has 41 heavy (non-hydrogen) atoms. The predicted molar refractivity (Wildman–Crippen MR) is 151 cm³/mol. The monoisotopic (exact) mass is 563 g/mol. The highest BCUT2D eigenvalue weighted by Crippen LogP contribution is 2.51. The minimum absolute atomic E-state index is 0.116. The second-order valence-electron chi connectivity index (χ2n) is 12.1. The standard InChI is InChI=1S/C33H41NO7/c1-22(2)26-15-14-23(3)18-28(26)41-31(36)27-19-33(39-20-24-10-6-4-7-11-24,40-21-25-12-8-5-9-13-25)29(27)30(35)34-16-17-38-32(34)37/h4-13,22-23,26-29H,14-21H2,1-3H3. The van der Waals surface area contributed by atoms with Crippen molar-refractivity contribution in [2.24, 2.45) is 29.6 Å². The van der Waals surface area contributed by atoms with Gasteiger partial charge in [-0.3, -0.25) is 9.59 Å². The van der Waals surface area contributed by atoms with Gasteiger partial charge in [0.25, 0.3) is 0 Å². The molecule has 5 atom stereocenters. The lowest BCUT2D eigenvalue weighted by Gasteiger charge is -2.52. The van der Waals surface area contributed by atoms with E-state index in [-0.39, 0.29) is 44.8 Å². The highest BCUT2D eigenvalue weighted by Gasteiger charge is 2.65. The Hall–Kier alpha value is -3.23. The van der Waals surface area contributed by atoms with E-state index < -0.39 is 35.6 Å². The lowest BCUT2D eigenvalue weighted by molar-refractivity contribution is -0.332. The van der Waals surface area contributed by atoms with Crippen molar-refractivity contribution < 1.29 is 33.3 Å². The van der Waals surface area contributed by atoms with E-state index in [9.17, 15) is 14.4 Å². The molecule has 0 aromatic heterocycles. The van der Waals surface area contributed by atoms with Crippen LogP contribution in [0.25, 0.3) is 0 Å². The molecule has 2 saturated carbocycles. The number of imide groups is 1. The third-order valence-corrected chi connectivity index (χ3v) is 8.86. The predicted octanol–water partition coefficient (Wildman–Crippen LogP) is 5.74. The molecule has 1 saturated heterocycles. The molecule has 3 aliphatic rings. The number of hydrogen-bond donors (Lipinski definition) is 0. The van der Waals surface area contributed by atoms with Gasteiger partial charge in [-0.15, -0.1) is 0 Å². The molecule has 1 aliphatic heterocycles. The summed E-state index contributed by atoms with van der Waals surface area (Å²) in [5, 5.41) is 0. The van der Waals surface area contributed by atoms with Crippen molar-refractivity contribution in [3.05, 3.63) is 71.8 Å². The maximum Gasteiger partial charge on any atom is 0.416 e. The fourth-order valence-electron chi connectivity index (χ4n) is 6.42. The molecule has 0 bridgehead atoms. The molecular weight excluding hydrogens is 522 g/mol. The first-order valence-electron chi connectivity index (χ1n) is 14.8. The Morgan fingerprint density at radius 3 is 2.12 bits per heavy atom. The summed E-state index contributed by atoms with van der Waals surface area (Å²) < 4.78 is 24.1. The Morgan fingerprint density at radius 2 is 1.59 bits per heavy atom. The topological polar surface area (TPSA) is 91.4 Å². The molecule has 0 N–H and O–H groups in total. The van der Waals surface area contributed by atoms with Gasteiger partial charge in [0, 0.05) is 6.42 Å². The lowest BCUT2D eigenvalue weighted by atomic mass is 9.66. The minimum atomic E-state index is -1.41. The van der Waals surface area contributed by atoms with Crippen molar-refractivity contribution in [1.82, 2.24) is 4.90 Å². The van der Waals surface area contributed by atoms with E-state index in [4.69, 9.17) is 18.9 Å². The number of nitrogens with zero attached hydrogens (tertiary/aromatic N) is 1. The Morgan fingerprint density at radius 1 is 0.976 bits per heavy atom. The summed E-state index contributed by atoms with van der Waals surface area (Å²) in [4.78, 5) is 41.3. The van der Waals surface area contributed by atoms with E-state index in [2.05, 4.69) is 20.8 Å². The largest absolute Gasteiger partial charge is 0.462 e. The second-order valence-corrected chi connectivity index (χ2v) is 12.1. The summed E-state index contributed by atoms with van der Waals surface area (Å²) in [5.41, 5.74) is 1.81. The molecule has 5 rings (SSSR count). The van der Waals surface area contributed by atoms with Crippen LogP contribution < -0.4 is 0 Å². The Kier molecular flexibility index (Phi) is 9.09. The van der Waals surface area contributed by atoms with Gasteiger partial charge >= 0.3 is 12.1 Å². The van der Waals surface area contributed by atoms with E-state index in [1.807, 2.05) is 60.7 Å². The van der Waals surface area contributed by atoms with Crippen molar-refractivity contribution in [2.45, 2.75) is 71.6 Å². The maximum atomic E-state index is 14.0. The van der Waals surface area contributed by atoms with Gasteiger partial charge < -0.3 is 18.9 Å². The van der Waals surface area contributed by atoms with Gasteiger partial charge in [-0.2, -0.15) is 0 Å². The number of ether oxygens (including phenoxy) is 4. The van der Waals surface area contributed by atoms with Crippen LogP contribution in [0.4, 0.5) is 4.79 Å². The van der Waals surface area contributed by atoms with Crippen molar-refractivity contribution >= 4 is 18.0 Å². The zero-order valence-electron chi connectivity index (χ0n) is 24.2. The number of hydrogen-bond acceptors (Lipinski definition) is 7. The van der Waals surface area contributed by atoms with E-state index in [0.717, 1.165) is 35.3 Å². The first kappa shape index (κ1) is 29.3. The van der Waals surface area contributed by atoms with Crippen LogP contribution in [0.1, 0.15) is 57.6 Å². The highest BCUT2D eigenvalue weighted by atomic mass is 16.7. The van der Waals surface area contributed by atoms with Gasteiger partial charge in [0.1, 0.15) is 18.6 Å². The molecule has 2 aromatic rings. The molecule has 220 valence electrons. The Balaban J connectivity index is 1.42. The molecule has 3 fully saturated rings.